The molecule has 3 heterocycles. The fraction of sp³-hybridized carbons (Fsp3) is 0.172. The summed E-state index contributed by atoms with van der Waals surface area (Å²) in [5.74, 6) is 1.43. The molecular formula is C29H25N3O4. The first-order valence-corrected chi connectivity index (χ1v) is 11.7. The molecule has 6 rings (SSSR count). The van der Waals surface area contributed by atoms with Crippen LogP contribution in [0, 0.1) is 6.92 Å². The molecule has 1 aliphatic heterocycles. The van der Waals surface area contributed by atoms with E-state index in [1.54, 1.807) is 18.7 Å². The molecule has 0 radical (unpaired) electrons. The Morgan fingerprint density at radius 3 is 2.25 bits per heavy atom. The average molecular weight is 480 g/mol. The summed E-state index contributed by atoms with van der Waals surface area (Å²) in [5, 5.41) is 0.484. The van der Waals surface area contributed by atoms with E-state index in [1.165, 1.54) is 11.6 Å². The van der Waals surface area contributed by atoms with Crippen LogP contribution in [-0.2, 0) is 14.1 Å². The summed E-state index contributed by atoms with van der Waals surface area (Å²) in [7, 11) is 4.85. The van der Waals surface area contributed by atoms with Gasteiger partial charge in [0.2, 0.25) is 0 Å². The van der Waals surface area contributed by atoms with Gasteiger partial charge >= 0.3 is 5.69 Å². The monoisotopic (exact) mass is 479 g/mol. The first-order valence-electron chi connectivity index (χ1n) is 11.7. The number of rotatable bonds is 3. The molecular weight excluding hydrogens is 454 g/mol. The molecule has 3 aromatic carbocycles. The summed E-state index contributed by atoms with van der Waals surface area (Å²) >= 11 is 0. The summed E-state index contributed by atoms with van der Waals surface area (Å²) in [6.07, 6.45) is -0.551. The number of hydrogen-bond acceptors (Lipinski definition) is 4. The predicted molar refractivity (Wildman–Crippen MR) is 139 cm³/mol. The van der Waals surface area contributed by atoms with Crippen LogP contribution in [0.2, 0.25) is 0 Å². The highest BCUT2D eigenvalue weighted by molar-refractivity contribution is 5.98. The maximum absolute atomic E-state index is 13.7. The highest BCUT2D eigenvalue weighted by Gasteiger charge is 2.36. The van der Waals surface area contributed by atoms with Crippen molar-refractivity contribution in [1.29, 1.82) is 0 Å². The van der Waals surface area contributed by atoms with Crippen LogP contribution in [0.1, 0.15) is 22.9 Å². The van der Waals surface area contributed by atoms with Crippen molar-refractivity contribution in [3.63, 3.8) is 0 Å². The van der Waals surface area contributed by atoms with Gasteiger partial charge in [0, 0.05) is 14.1 Å². The summed E-state index contributed by atoms with van der Waals surface area (Å²) in [4.78, 5) is 26.8. The normalized spacial score (nSPS) is 14.3. The van der Waals surface area contributed by atoms with Gasteiger partial charge in [-0.05, 0) is 42.3 Å². The molecule has 0 saturated heterocycles. The maximum atomic E-state index is 13.7. The molecule has 0 N–H and O–H groups in total. The number of aromatic nitrogens is 3. The molecule has 0 amide bonds. The standard InChI is InChI=1S/C29H25N3O4/c1-17-9-11-18(12-10-17)24-23-25(30(2)29(34)31(3)28(23)33)26-27(19-13-15-20(35-4)16-14-19)36-22-8-6-5-7-21(22)32(24)26/h5-16,27H,1-4H3/t27-/m0/s1. The molecule has 5 aromatic rings. The topological polar surface area (TPSA) is 67.4 Å². The number of methoxy groups -OCH3 is 1. The summed E-state index contributed by atoms with van der Waals surface area (Å²) in [6.45, 7) is 2.03. The average Bonchev–Trinajstić information content (AvgIpc) is 3.27. The minimum absolute atomic E-state index is 0.337. The minimum atomic E-state index is -0.551. The fourth-order valence-electron chi connectivity index (χ4n) is 5.10. The Morgan fingerprint density at radius 1 is 0.861 bits per heavy atom. The molecule has 0 fully saturated rings. The van der Waals surface area contributed by atoms with Crippen LogP contribution in [0.15, 0.2) is 82.4 Å². The molecule has 0 spiro atoms. The molecule has 0 aliphatic carbocycles. The van der Waals surface area contributed by atoms with Gasteiger partial charge in [-0.3, -0.25) is 13.9 Å². The lowest BCUT2D eigenvalue weighted by Gasteiger charge is -2.30. The molecule has 0 saturated carbocycles. The van der Waals surface area contributed by atoms with E-state index in [0.717, 1.165) is 39.5 Å². The van der Waals surface area contributed by atoms with Crippen molar-refractivity contribution in [3.8, 4) is 28.4 Å². The molecule has 0 unspecified atom stereocenters. The zero-order valence-electron chi connectivity index (χ0n) is 20.5. The van der Waals surface area contributed by atoms with Crippen LogP contribution in [0.4, 0.5) is 0 Å². The van der Waals surface area contributed by atoms with E-state index in [1.807, 2.05) is 79.7 Å². The maximum Gasteiger partial charge on any atom is 0.331 e. The number of fused-ring (bicyclic) bond motifs is 5. The fourth-order valence-corrected chi connectivity index (χ4v) is 5.10. The van der Waals surface area contributed by atoms with Crippen molar-refractivity contribution < 1.29 is 9.47 Å². The van der Waals surface area contributed by atoms with Crippen molar-refractivity contribution in [1.82, 2.24) is 13.7 Å². The third kappa shape index (κ3) is 3.05. The third-order valence-corrected chi connectivity index (χ3v) is 6.95. The highest BCUT2D eigenvalue weighted by Crippen LogP contribution is 2.46. The Labute approximate surface area is 207 Å². The lowest BCUT2D eigenvalue weighted by molar-refractivity contribution is 0.229. The number of para-hydroxylation sites is 2. The van der Waals surface area contributed by atoms with Gasteiger partial charge < -0.3 is 14.0 Å². The van der Waals surface area contributed by atoms with Crippen LogP contribution in [0.5, 0.6) is 11.5 Å². The Balaban J connectivity index is 1.82. The Bertz CT molecular complexity index is 1760. The summed E-state index contributed by atoms with van der Waals surface area (Å²) in [5.41, 5.74) is 5.03. The van der Waals surface area contributed by atoms with E-state index < -0.39 is 6.10 Å². The quantitative estimate of drug-likeness (QED) is 0.382. The number of ether oxygens (including phenoxy) is 2. The van der Waals surface area contributed by atoms with Gasteiger partial charge in [-0.1, -0.05) is 54.1 Å². The summed E-state index contributed by atoms with van der Waals surface area (Å²) < 4.78 is 16.7. The van der Waals surface area contributed by atoms with Crippen molar-refractivity contribution >= 4 is 10.9 Å². The lowest BCUT2D eigenvalue weighted by Crippen LogP contribution is -2.37. The molecule has 36 heavy (non-hydrogen) atoms. The molecule has 1 atom stereocenters. The van der Waals surface area contributed by atoms with E-state index in [4.69, 9.17) is 9.47 Å². The van der Waals surface area contributed by atoms with Crippen molar-refractivity contribution in [2.45, 2.75) is 13.0 Å². The molecule has 1 aliphatic rings. The Hall–Kier alpha value is -4.52. The smallest absolute Gasteiger partial charge is 0.331 e. The number of nitrogens with zero attached hydrogens (tertiary/aromatic N) is 3. The summed E-state index contributed by atoms with van der Waals surface area (Å²) in [6, 6.07) is 23.5. The van der Waals surface area contributed by atoms with Crippen LogP contribution >= 0.6 is 0 Å². The van der Waals surface area contributed by atoms with E-state index >= 15 is 0 Å². The highest BCUT2D eigenvalue weighted by atomic mass is 16.5. The largest absolute Gasteiger partial charge is 0.497 e. The van der Waals surface area contributed by atoms with Gasteiger partial charge in [0.15, 0.2) is 6.10 Å². The Kier molecular flexibility index (Phi) is 4.89. The van der Waals surface area contributed by atoms with Gasteiger partial charge in [-0.2, -0.15) is 0 Å². The van der Waals surface area contributed by atoms with Crippen molar-refractivity contribution in [2.24, 2.45) is 14.1 Å². The van der Waals surface area contributed by atoms with E-state index in [9.17, 15) is 9.59 Å². The van der Waals surface area contributed by atoms with Crippen LogP contribution in [-0.4, -0.2) is 20.8 Å². The molecule has 7 heteroatoms. The minimum Gasteiger partial charge on any atom is -0.497 e. The van der Waals surface area contributed by atoms with Gasteiger partial charge in [-0.25, -0.2) is 4.79 Å². The Morgan fingerprint density at radius 2 is 1.56 bits per heavy atom. The zero-order valence-corrected chi connectivity index (χ0v) is 20.5. The number of benzene rings is 3. The van der Waals surface area contributed by atoms with Crippen molar-refractivity contribution in [3.05, 3.63) is 110 Å². The second-order valence-electron chi connectivity index (χ2n) is 9.10. The molecule has 180 valence electrons. The van der Waals surface area contributed by atoms with E-state index in [2.05, 4.69) is 4.57 Å². The van der Waals surface area contributed by atoms with Gasteiger partial charge in [0.25, 0.3) is 5.56 Å². The first-order chi connectivity index (χ1) is 17.4. The van der Waals surface area contributed by atoms with E-state index in [0.29, 0.717) is 16.7 Å². The second kappa shape index (κ2) is 8.02. The van der Waals surface area contributed by atoms with Gasteiger partial charge in [0.1, 0.15) is 11.5 Å². The van der Waals surface area contributed by atoms with E-state index in [-0.39, 0.29) is 11.2 Å². The molecule has 7 nitrogen and oxygen atoms in total. The van der Waals surface area contributed by atoms with Gasteiger partial charge in [-0.15, -0.1) is 0 Å². The molecule has 0 bridgehead atoms. The van der Waals surface area contributed by atoms with Gasteiger partial charge in [0.05, 0.1) is 35.1 Å². The number of aryl methyl sites for hydroxylation is 2. The molecule has 2 aromatic heterocycles. The van der Waals surface area contributed by atoms with Crippen LogP contribution < -0.4 is 20.7 Å². The SMILES string of the molecule is COc1ccc([C@@H]2Oc3ccccc3-n3c(-c4ccc(C)cc4)c4c(=O)n(C)c(=O)n(C)c4c32)cc1. The van der Waals surface area contributed by atoms with Crippen molar-refractivity contribution in [2.75, 3.05) is 7.11 Å². The second-order valence-corrected chi connectivity index (χ2v) is 9.10. The van der Waals surface area contributed by atoms with Crippen LogP contribution in [0.25, 0.3) is 27.8 Å². The first kappa shape index (κ1) is 22.0. The van der Waals surface area contributed by atoms with Crippen LogP contribution in [0.3, 0.4) is 0 Å². The third-order valence-electron chi connectivity index (χ3n) is 6.95. The number of hydrogen-bond donors (Lipinski definition) is 0. The predicted octanol–water partition coefficient (Wildman–Crippen LogP) is 4.49. The zero-order chi connectivity index (χ0) is 25.1. The lowest BCUT2D eigenvalue weighted by atomic mass is 10.0.